The normalized spacial score (nSPS) is 25.8. The number of rotatable bonds is 6. The maximum Gasteiger partial charge on any atom is 0.227 e. The van der Waals surface area contributed by atoms with Gasteiger partial charge >= 0.3 is 0 Å². The van der Waals surface area contributed by atoms with Gasteiger partial charge in [-0.25, -0.2) is 0 Å². The monoisotopic (exact) mass is 385 g/mol. The van der Waals surface area contributed by atoms with Gasteiger partial charge in [-0.2, -0.15) is 0 Å². The third-order valence-electron chi connectivity index (χ3n) is 6.09. The number of anilines is 1. The van der Waals surface area contributed by atoms with E-state index in [2.05, 4.69) is 43.7 Å². The maximum absolute atomic E-state index is 5.80. The Hall–Kier alpha value is -1.99. The van der Waals surface area contributed by atoms with Crippen molar-refractivity contribution in [1.82, 2.24) is 19.7 Å². The van der Waals surface area contributed by atoms with Crippen LogP contribution in [-0.4, -0.2) is 58.8 Å². The lowest BCUT2D eigenvalue weighted by atomic mass is 9.95. The van der Waals surface area contributed by atoms with E-state index < -0.39 is 0 Å². The van der Waals surface area contributed by atoms with Gasteiger partial charge in [0.25, 0.3) is 0 Å². The molecule has 2 atom stereocenters. The van der Waals surface area contributed by atoms with Crippen LogP contribution in [0, 0.1) is 0 Å². The largest absolute Gasteiger partial charge is 0.381 e. The lowest BCUT2D eigenvalue weighted by Gasteiger charge is -2.40. The zero-order valence-corrected chi connectivity index (χ0v) is 17.0. The van der Waals surface area contributed by atoms with E-state index in [0.717, 1.165) is 76.7 Å². The van der Waals surface area contributed by atoms with E-state index >= 15 is 0 Å². The first-order valence-corrected chi connectivity index (χ1v) is 10.4. The van der Waals surface area contributed by atoms with Gasteiger partial charge in [-0.3, -0.25) is 9.55 Å². The molecule has 2 saturated heterocycles. The third-order valence-corrected chi connectivity index (χ3v) is 6.09. The summed E-state index contributed by atoms with van der Waals surface area (Å²) in [6.45, 7) is 6.48. The Morgan fingerprint density at radius 1 is 1.25 bits per heavy atom. The van der Waals surface area contributed by atoms with Crippen LogP contribution in [0.5, 0.6) is 0 Å². The highest BCUT2D eigenvalue weighted by Crippen LogP contribution is 2.31. The van der Waals surface area contributed by atoms with E-state index in [1.165, 1.54) is 5.56 Å². The Morgan fingerprint density at radius 3 is 2.86 bits per heavy atom. The van der Waals surface area contributed by atoms with Crippen molar-refractivity contribution in [2.45, 2.75) is 57.1 Å². The van der Waals surface area contributed by atoms with Gasteiger partial charge in [0, 0.05) is 51.7 Å². The SMILES string of the molecule is COC1(C)CCCN(c2nnc(C3CCCOC3)n2CCc2ccncc2)C1. The zero-order valence-electron chi connectivity index (χ0n) is 17.0. The standard InChI is InChI=1S/C21H31N5O2/c1-21(27-2)9-4-12-25(16-21)20-24-23-19(18-5-3-14-28-15-18)26(20)13-8-17-6-10-22-11-7-17/h6-7,10-11,18H,3-5,8-9,12-16H2,1-2H3. The summed E-state index contributed by atoms with van der Waals surface area (Å²) in [5.74, 6) is 2.36. The Morgan fingerprint density at radius 2 is 2.11 bits per heavy atom. The summed E-state index contributed by atoms with van der Waals surface area (Å²) in [7, 11) is 1.81. The van der Waals surface area contributed by atoms with Crippen LogP contribution < -0.4 is 4.90 Å². The molecule has 2 unspecified atom stereocenters. The predicted molar refractivity (Wildman–Crippen MR) is 108 cm³/mol. The van der Waals surface area contributed by atoms with E-state index in [0.29, 0.717) is 5.92 Å². The minimum atomic E-state index is -0.131. The number of hydrogen-bond acceptors (Lipinski definition) is 6. The molecule has 0 aliphatic carbocycles. The lowest BCUT2D eigenvalue weighted by Crippen LogP contribution is -2.48. The topological polar surface area (TPSA) is 65.3 Å². The minimum Gasteiger partial charge on any atom is -0.381 e. The Balaban J connectivity index is 1.60. The molecule has 0 spiro atoms. The van der Waals surface area contributed by atoms with Crippen LogP contribution in [0.25, 0.3) is 0 Å². The molecule has 2 aromatic rings. The van der Waals surface area contributed by atoms with Gasteiger partial charge in [-0.15, -0.1) is 10.2 Å². The first-order valence-electron chi connectivity index (χ1n) is 10.4. The fourth-order valence-corrected chi connectivity index (χ4v) is 4.33. The molecule has 0 saturated carbocycles. The van der Waals surface area contributed by atoms with Crippen molar-refractivity contribution < 1.29 is 9.47 Å². The van der Waals surface area contributed by atoms with Gasteiger partial charge in [-0.05, 0) is 56.7 Å². The molecular weight excluding hydrogens is 354 g/mol. The van der Waals surface area contributed by atoms with E-state index in [-0.39, 0.29) is 5.60 Å². The lowest BCUT2D eigenvalue weighted by molar-refractivity contribution is -0.00514. The van der Waals surface area contributed by atoms with Crippen LogP contribution in [0.3, 0.4) is 0 Å². The number of ether oxygens (including phenoxy) is 2. The van der Waals surface area contributed by atoms with Crippen molar-refractivity contribution in [1.29, 1.82) is 0 Å². The molecule has 0 amide bonds. The molecule has 2 aliphatic heterocycles. The van der Waals surface area contributed by atoms with Gasteiger partial charge in [0.05, 0.1) is 12.2 Å². The number of aryl methyl sites for hydroxylation is 1. The Bertz CT molecular complexity index is 759. The summed E-state index contributed by atoms with van der Waals surface area (Å²) < 4.78 is 13.9. The quantitative estimate of drug-likeness (QED) is 0.762. The minimum absolute atomic E-state index is 0.131. The number of pyridine rings is 1. The molecule has 7 heteroatoms. The molecule has 7 nitrogen and oxygen atoms in total. The van der Waals surface area contributed by atoms with Crippen molar-refractivity contribution in [2.24, 2.45) is 0 Å². The molecule has 2 aliphatic rings. The van der Waals surface area contributed by atoms with E-state index in [9.17, 15) is 0 Å². The van der Waals surface area contributed by atoms with Crippen molar-refractivity contribution in [3.05, 3.63) is 35.9 Å². The van der Waals surface area contributed by atoms with Crippen LogP contribution in [0.4, 0.5) is 5.95 Å². The third kappa shape index (κ3) is 4.20. The first-order chi connectivity index (χ1) is 13.7. The van der Waals surface area contributed by atoms with Gasteiger partial charge in [0.15, 0.2) is 0 Å². The van der Waals surface area contributed by atoms with Crippen molar-refractivity contribution in [3.8, 4) is 0 Å². The smallest absolute Gasteiger partial charge is 0.227 e. The van der Waals surface area contributed by atoms with Crippen molar-refractivity contribution in [3.63, 3.8) is 0 Å². The van der Waals surface area contributed by atoms with Crippen LogP contribution >= 0.6 is 0 Å². The number of piperidine rings is 1. The molecule has 0 radical (unpaired) electrons. The first kappa shape index (κ1) is 19.3. The van der Waals surface area contributed by atoms with Gasteiger partial charge in [0.1, 0.15) is 5.82 Å². The predicted octanol–water partition coefficient (Wildman–Crippen LogP) is 2.82. The average Bonchev–Trinajstić information content (AvgIpc) is 3.18. The Labute approximate surface area is 167 Å². The highest BCUT2D eigenvalue weighted by molar-refractivity contribution is 5.34. The molecule has 2 fully saturated rings. The molecule has 0 bridgehead atoms. The summed E-state index contributed by atoms with van der Waals surface area (Å²) in [5, 5.41) is 9.28. The summed E-state index contributed by atoms with van der Waals surface area (Å²) in [6.07, 6.45) is 9.02. The average molecular weight is 386 g/mol. The second-order valence-corrected chi connectivity index (χ2v) is 8.21. The van der Waals surface area contributed by atoms with Crippen LogP contribution in [-0.2, 0) is 22.4 Å². The molecule has 4 rings (SSSR count). The number of methoxy groups -OCH3 is 1. The molecular formula is C21H31N5O2. The highest BCUT2D eigenvalue weighted by atomic mass is 16.5. The molecule has 2 aromatic heterocycles. The molecule has 0 N–H and O–H groups in total. The van der Waals surface area contributed by atoms with Gasteiger partial charge in [-0.1, -0.05) is 0 Å². The maximum atomic E-state index is 5.80. The van der Waals surface area contributed by atoms with Gasteiger partial charge < -0.3 is 14.4 Å². The molecule has 4 heterocycles. The second kappa shape index (κ2) is 8.57. The summed E-state index contributed by atoms with van der Waals surface area (Å²) in [5.41, 5.74) is 1.15. The summed E-state index contributed by atoms with van der Waals surface area (Å²) >= 11 is 0. The zero-order chi connectivity index (χ0) is 19.4. The van der Waals surface area contributed by atoms with Crippen molar-refractivity contribution in [2.75, 3.05) is 38.3 Å². The Kier molecular flexibility index (Phi) is 5.92. The number of hydrogen-bond donors (Lipinski definition) is 0. The van der Waals surface area contributed by atoms with E-state index in [4.69, 9.17) is 9.47 Å². The van der Waals surface area contributed by atoms with Crippen LogP contribution in [0.2, 0.25) is 0 Å². The second-order valence-electron chi connectivity index (χ2n) is 8.21. The molecule has 0 aromatic carbocycles. The number of aromatic nitrogens is 4. The van der Waals surface area contributed by atoms with Crippen LogP contribution in [0.1, 0.15) is 49.9 Å². The highest BCUT2D eigenvalue weighted by Gasteiger charge is 2.34. The van der Waals surface area contributed by atoms with E-state index in [1.807, 2.05) is 19.5 Å². The van der Waals surface area contributed by atoms with E-state index in [1.54, 1.807) is 0 Å². The van der Waals surface area contributed by atoms with Crippen LogP contribution in [0.15, 0.2) is 24.5 Å². The summed E-state index contributed by atoms with van der Waals surface area (Å²) in [6, 6.07) is 4.16. The molecule has 28 heavy (non-hydrogen) atoms. The fourth-order valence-electron chi connectivity index (χ4n) is 4.33. The van der Waals surface area contributed by atoms with Crippen molar-refractivity contribution >= 4 is 5.95 Å². The van der Waals surface area contributed by atoms with Gasteiger partial charge in [0.2, 0.25) is 5.95 Å². The summed E-state index contributed by atoms with van der Waals surface area (Å²) in [4.78, 5) is 6.47. The number of nitrogens with zero attached hydrogens (tertiary/aromatic N) is 5. The molecule has 152 valence electrons. The fraction of sp³-hybridized carbons (Fsp3) is 0.667.